The predicted octanol–water partition coefficient (Wildman–Crippen LogP) is 3.94. The van der Waals surface area contributed by atoms with E-state index in [1.54, 1.807) is 12.1 Å². The van der Waals surface area contributed by atoms with Crippen molar-refractivity contribution < 1.29 is 9.59 Å². The maximum atomic E-state index is 12.7. The van der Waals surface area contributed by atoms with Crippen LogP contribution in [-0.2, 0) is 16.0 Å². The van der Waals surface area contributed by atoms with Crippen LogP contribution < -0.4 is 10.2 Å². The van der Waals surface area contributed by atoms with Gasteiger partial charge in [-0.3, -0.25) is 9.59 Å². The van der Waals surface area contributed by atoms with Crippen molar-refractivity contribution in [3.63, 3.8) is 0 Å². The molecular weight excluding hydrogens is 385 g/mol. The Labute approximate surface area is 166 Å². The third-order valence-electron chi connectivity index (χ3n) is 4.76. The molecule has 1 saturated heterocycles. The fourth-order valence-electron chi connectivity index (χ4n) is 3.43. The molecule has 2 heterocycles. The molecule has 0 bridgehead atoms. The molecule has 1 aliphatic rings. The second-order valence-corrected chi connectivity index (χ2v) is 7.33. The number of aromatic nitrogens is 1. The summed E-state index contributed by atoms with van der Waals surface area (Å²) in [6.07, 6.45) is 2.85. The molecule has 27 heavy (non-hydrogen) atoms. The van der Waals surface area contributed by atoms with E-state index in [9.17, 15) is 9.59 Å². The van der Waals surface area contributed by atoms with Crippen molar-refractivity contribution in [1.29, 1.82) is 0 Å². The molecule has 2 amide bonds. The number of rotatable bonds is 5. The maximum absolute atomic E-state index is 12.7. The summed E-state index contributed by atoms with van der Waals surface area (Å²) in [7, 11) is 0. The van der Waals surface area contributed by atoms with E-state index in [4.69, 9.17) is 23.2 Å². The number of nitrogens with one attached hydrogen (secondary N) is 2. The Balaban J connectivity index is 1.43. The molecule has 0 saturated carbocycles. The van der Waals surface area contributed by atoms with Gasteiger partial charge in [-0.2, -0.15) is 0 Å². The van der Waals surface area contributed by atoms with Crippen LogP contribution in [0, 0.1) is 0 Å². The highest BCUT2D eigenvalue weighted by atomic mass is 35.5. The van der Waals surface area contributed by atoms with Gasteiger partial charge in [0.05, 0.1) is 23.2 Å². The van der Waals surface area contributed by atoms with Gasteiger partial charge in [-0.1, -0.05) is 41.4 Å². The molecule has 1 aromatic heterocycles. The van der Waals surface area contributed by atoms with Crippen LogP contribution in [-0.4, -0.2) is 29.4 Å². The van der Waals surface area contributed by atoms with Crippen LogP contribution in [0.2, 0.25) is 10.0 Å². The standard InChI is InChI=1S/C20H17Cl2N3O2/c21-13-5-6-18(15(22)9-13)25-19(26)10-17(20(25)27)23-8-7-12-11-24-16-4-2-1-3-14(12)16/h1-6,9,11,17,23-24H,7-8,10H2/t17-/m0/s1. The molecule has 0 unspecified atom stereocenters. The van der Waals surface area contributed by atoms with Crippen molar-refractivity contribution >= 4 is 51.6 Å². The Morgan fingerprint density at radius 2 is 1.96 bits per heavy atom. The van der Waals surface area contributed by atoms with E-state index in [-0.39, 0.29) is 23.3 Å². The van der Waals surface area contributed by atoms with Gasteiger partial charge < -0.3 is 10.3 Å². The molecule has 4 rings (SSSR count). The normalized spacial score (nSPS) is 17.3. The minimum absolute atomic E-state index is 0.117. The van der Waals surface area contributed by atoms with Crippen LogP contribution in [0.5, 0.6) is 0 Å². The second kappa shape index (κ2) is 7.35. The summed E-state index contributed by atoms with van der Waals surface area (Å²) < 4.78 is 0. The fraction of sp³-hybridized carbons (Fsp3) is 0.200. The molecular formula is C20H17Cl2N3O2. The van der Waals surface area contributed by atoms with E-state index >= 15 is 0 Å². The van der Waals surface area contributed by atoms with Crippen LogP contribution in [0.4, 0.5) is 5.69 Å². The van der Waals surface area contributed by atoms with Crippen molar-refractivity contribution in [1.82, 2.24) is 10.3 Å². The first kappa shape index (κ1) is 18.0. The first-order valence-electron chi connectivity index (χ1n) is 8.65. The van der Waals surface area contributed by atoms with Crippen LogP contribution >= 0.6 is 23.2 Å². The first-order chi connectivity index (χ1) is 13.0. The highest BCUT2D eigenvalue weighted by molar-refractivity contribution is 6.38. The zero-order valence-corrected chi connectivity index (χ0v) is 15.8. The lowest BCUT2D eigenvalue weighted by Gasteiger charge is -2.17. The van der Waals surface area contributed by atoms with Gasteiger partial charge in [0.15, 0.2) is 0 Å². The second-order valence-electron chi connectivity index (χ2n) is 6.48. The molecule has 7 heteroatoms. The minimum Gasteiger partial charge on any atom is -0.361 e. The number of fused-ring (bicyclic) bond motifs is 1. The van der Waals surface area contributed by atoms with E-state index in [2.05, 4.69) is 16.4 Å². The quantitative estimate of drug-likeness (QED) is 0.636. The molecule has 1 atom stereocenters. The smallest absolute Gasteiger partial charge is 0.251 e. The van der Waals surface area contributed by atoms with E-state index in [0.717, 1.165) is 16.8 Å². The van der Waals surface area contributed by atoms with Crippen molar-refractivity contribution in [3.8, 4) is 0 Å². The van der Waals surface area contributed by atoms with Crippen LogP contribution in [0.1, 0.15) is 12.0 Å². The molecule has 1 aliphatic heterocycles. The Bertz CT molecular complexity index is 1030. The van der Waals surface area contributed by atoms with Gasteiger partial charge in [0.2, 0.25) is 5.91 Å². The van der Waals surface area contributed by atoms with Crippen molar-refractivity contribution in [3.05, 3.63) is 64.3 Å². The number of imide groups is 1. The lowest BCUT2D eigenvalue weighted by atomic mass is 10.1. The van der Waals surface area contributed by atoms with Crippen LogP contribution in [0.25, 0.3) is 10.9 Å². The van der Waals surface area contributed by atoms with Gasteiger partial charge >= 0.3 is 0 Å². The number of halogens is 2. The Hall–Kier alpha value is -2.34. The Morgan fingerprint density at radius 3 is 2.78 bits per heavy atom. The van der Waals surface area contributed by atoms with Gasteiger partial charge in [-0.25, -0.2) is 4.90 Å². The SMILES string of the molecule is O=C1C[C@H](NCCc2c[nH]c3ccccc23)C(=O)N1c1ccc(Cl)cc1Cl. The number of amides is 2. The number of hydrogen-bond donors (Lipinski definition) is 2. The molecule has 0 spiro atoms. The molecule has 2 aromatic carbocycles. The van der Waals surface area contributed by atoms with Gasteiger partial charge in [0.25, 0.3) is 5.91 Å². The van der Waals surface area contributed by atoms with E-state index in [1.807, 2.05) is 24.4 Å². The third-order valence-corrected chi connectivity index (χ3v) is 5.30. The third kappa shape index (κ3) is 3.46. The van der Waals surface area contributed by atoms with Crippen molar-refractivity contribution in [2.45, 2.75) is 18.9 Å². The highest BCUT2D eigenvalue weighted by Crippen LogP contribution is 2.32. The summed E-state index contributed by atoms with van der Waals surface area (Å²) in [6.45, 7) is 0.591. The molecule has 1 fully saturated rings. The topological polar surface area (TPSA) is 65.2 Å². The molecule has 0 radical (unpaired) electrons. The van der Waals surface area contributed by atoms with E-state index in [0.29, 0.717) is 17.3 Å². The predicted molar refractivity (Wildman–Crippen MR) is 107 cm³/mol. The van der Waals surface area contributed by atoms with Crippen molar-refractivity contribution in [2.75, 3.05) is 11.4 Å². The zero-order chi connectivity index (χ0) is 19.0. The number of anilines is 1. The Kier molecular flexibility index (Phi) is 4.91. The molecule has 5 nitrogen and oxygen atoms in total. The summed E-state index contributed by atoms with van der Waals surface area (Å²) in [6, 6.07) is 12.3. The molecule has 2 N–H and O–H groups in total. The number of carbonyl (C=O) groups is 2. The van der Waals surface area contributed by atoms with Gasteiger partial charge in [0, 0.05) is 28.7 Å². The highest BCUT2D eigenvalue weighted by Gasteiger charge is 2.40. The number of aromatic amines is 1. The summed E-state index contributed by atoms with van der Waals surface area (Å²) >= 11 is 12.1. The summed E-state index contributed by atoms with van der Waals surface area (Å²) in [4.78, 5) is 29.5. The van der Waals surface area contributed by atoms with E-state index in [1.165, 1.54) is 17.0 Å². The zero-order valence-electron chi connectivity index (χ0n) is 14.3. The molecule has 138 valence electrons. The van der Waals surface area contributed by atoms with Crippen molar-refractivity contribution in [2.24, 2.45) is 0 Å². The largest absolute Gasteiger partial charge is 0.361 e. The average Bonchev–Trinajstić information content (AvgIpc) is 3.17. The summed E-state index contributed by atoms with van der Waals surface area (Å²) in [5.74, 6) is -0.558. The maximum Gasteiger partial charge on any atom is 0.251 e. The molecule has 3 aromatic rings. The lowest BCUT2D eigenvalue weighted by molar-refractivity contribution is -0.121. The lowest BCUT2D eigenvalue weighted by Crippen LogP contribution is -2.39. The monoisotopic (exact) mass is 401 g/mol. The summed E-state index contributed by atoms with van der Waals surface area (Å²) in [5.41, 5.74) is 2.63. The van der Waals surface area contributed by atoms with Gasteiger partial charge in [-0.15, -0.1) is 0 Å². The van der Waals surface area contributed by atoms with Crippen LogP contribution in [0.3, 0.4) is 0 Å². The number of H-pyrrole nitrogens is 1. The van der Waals surface area contributed by atoms with Crippen LogP contribution in [0.15, 0.2) is 48.7 Å². The number of hydrogen-bond acceptors (Lipinski definition) is 3. The first-order valence-corrected chi connectivity index (χ1v) is 9.40. The Morgan fingerprint density at radius 1 is 1.15 bits per heavy atom. The number of benzene rings is 2. The average molecular weight is 402 g/mol. The fourth-order valence-corrected chi connectivity index (χ4v) is 3.92. The van der Waals surface area contributed by atoms with E-state index < -0.39 is 6.04 Å². The van der Waals surface area contributed by atoms with Gasteiger partial charge in [0.1, 0.15) is 0 Å². The number of nitrogens with zero attached hydrogens (tertiary/aromatic N) is 1. The molecule has 0 aliphatic carbocycles. The number of para-hydroxylation sites is 1. The van der Waals surface area contributed by atoms with Gasteiger partial charge in [-0.05, 0) is 36.2 Å². The number of carbonyl (C=O) groups excluding carboxylic acids is 2. The summed E-state index contributed by atoms with van der Waals surface area (Å²) in [5, 5.41) is 5.11. The minimum atomic E-state index is -0.547.